The smallest absolute Gasteiger partial charge is 0.220 e. The van der Waals surface area contributed by atoms with E-state index in [1.54, 1.807) is 7.11 Å². The lowest BCUT2D eigenvalue weighted by atomic mass is 9.84. The summed E-state index contributed by atoms with van der Waals surface area (Å²) >= 11 is 0. The highest BCUT2D eigenvalue weighted by Crippen LogP contribution is 2.25. The molecule has 1 amide bonds. The molecular weight excluding hydrogens is 228 g/mol. The summed E-state index contributed by atoms with van der Waals surface area (Å²) in [6.45, 7) is 4.41. The van der Waals surface area contributed by atoms with Gasteiger partial charge in [-0.25, -0.2) is 0 Å². The zero-order valence-corrected chi connectivity index (χ0v) is 11.6. The third-order valence-electron chi connectivity index (χ3n) is 4.44. The van der Waals surface area contributed by atoms with Gasteiger partial charge in [0.15, 0.2) is 0 Å². The van der Waals surface area contributed by atoms with E-state index in [2.05, 4.69) is 17.6 Å². The van der Waals surface area contributed by atoms with Crippen molar-refractivity contribution in [3.8, 4) is 0 Å². The second kappa shape index (κ2) is 6.53. The number of nitrogens with one attached hydrogen (secondary N) is 2. The predicted octanol–water partition coefficient (Wildman–Crippen LogP) is 1.31. The van der Waals surface area contributed by atoms with E-state index in [-0.39, 0.29) is 5.91 Å². The summed E-state index contributed by atoms with van der Waals surface area (Å²) in [6, 6.07) is 0.346. The van der Waals surface area contributed by atoms with Crippen LogP contribution in [0.4, 0.5) is 0 Å². The minimum absolute atomic E-state index is 0.215. The molecule has 0 aromatic heterocycles. The van der Waals surface area contributed by atoms with Crippen LogP contribution in [0.5, 0.6) is 0 Å². The second-order valence-electron chi connectivity index (χ2n) is 5.88. The fourth-order valence-electron chi connectivity index (χ4n) is 2.99. The molecule has 1 heterocycles. The Labute approximate surface area is 110 Å². The Kier molecular flexibility index (Phi) is 5.01. The van der Waals surface area contributed by atoms with E-state index in [0.29, 0.717) is 30.4 Å². The van der Waals surface area contributed by atoms with Crippen LogP contribution in [0, 0.1) is 11.8 Å². The molecule has 1 saturated heterocycles. The number of carbonyl (C=O) groups is 1. The van der Waals surface area contributed by atoms with Gasteiger partial charge in [-0.3, -0.25) is 4.79 Å². The molecule has 2 fully saturated rings. The topological polar surface area (TPSA) is 50.4 Å². The van der Waals surface area contributed by atoms with Crippen LogP contribution >= 0.6 is 0 Å². The van der Waals surface area contributed by atoms with E-state index < -0.39 is 0 Å². The molecule has 1 saturated carbocycles. The molecule has 104 valence electrons. The van der Waals surface area contributed by atoms with Crippen molar-refractivity contribution in [2.24, 2.45) is 11.8 Å². The fraction of sp³-hybridized carbons (Fsp3) is 0.929. The molecule has 0 spiro atoms. The Balaban J connectivity index is 1.64. The maximum atomic E-state index is 11.9. The highest BCUT2D eigenvalue weighted by molar-refractivity contribution is 5.76. The van der Waals surface area contributed by atoms with Crippen molar-refractivity contribution >= 4 is 5.91 Å². The maximum Gasteiger partial charge on any atom is 0.220 e. The van der Waals surface area contributed by atoms with Crippen LogP contribution in [0.3, 0.4) is 0 Å². The third kappa shape index (κ3) is 3.69. The average Bonchev–Trinajstić information content (AvgIpc) is 2.34. The van der Waals surface area contributed by atoms with E-state index >= 15 is 0 Å². The molecule has 0 radical (unpaired) electrons. The normalized spacial score (nSPS) is 33.6. The molecule has 2 atom stereocenters. The Morgan fingerprint density at radius 3 is 2.89 bits per heavy atom. The molecule has 2 aliphatic rings. The average molecular weight is 254 g/mol. The van der Waals surface area contributed by atoms with Crippen molar-refractivity contribution in [2.45, 2.75) is 51.2 Å². The van der Waals surface area contributed by atoms with Gasteiger partial charge in [0, 0.05) is 19.6 Å². The zero-order chi connectivity index (χ0) is 13.0. The van der Waals surface area contributed by atoms with Crippen LogP contribution in [0.1, 0.15) is 39.0 Å². The first-order valence-corrected chi connectivity index (χ1v) is 7.22. The summed E-state index contributed by atoms with van der Waals surface area (Å²) in [4.78, 5) is 11.9. The Morgan fingerprint density at radius 2 is 2.28 bits per heavy atom. The number of ether oxygens (including phenoxy) is 1. The van der Waals surface area contributed by atoms with Crippen molar-refractivity contribution in [1.82, 2.24) is 10.6 Å². The van der Waals surface area contributed by atoms with Gasteiger partial charge in [-0.1, -0.05) is 6.92 Å². The van der Waals surface area contributed by atoms with Crippen LogP contribution in [0.2, 0.25) is 0 Å². The molecule has 2 rings (SSSR count). The molecule has 2 unspecified atom stereocenters. The molecule has 4 nitrogen and oxygen atoms in total. The van der Waals surface area contributed by atoms with Crippen molar-refractivity contribution in [1.29, 1.82) is 0 Å². The molecule has 18 heavy (non-hydrogen) atoms. The van der Waals surface area contributed by atoms with Crippen LogP contribution in [0.25, 0.3) is 0 Å². The van der Waals surface area contributed by atoms with E-state index in [4.69, 9.17) is 4.74 Å². The van der Waals surface area contributed by atoms with Gasteiger partial charge in [-0.15, -0.1) is 0 Å². The van der Waals surface area contributed by atoms with Crippen molar-refractivity contribution in [2.75, 3.05) is 20.2 Å². The molecule has 0 aromatic carbocycles. The van der Waals surface area contributed by atoms with Gasteiger partial charge in [0.1, 0.15) is 0 Å². The molecule has 1 aliphatic carbocycles. The Morgan fingerprint density at radius 1 is 1.50 bits per heavy atom. The minimum Gasteiger partial charge on any atom is -0.381 e. The Bertz CT molecular complexity index is 271. The van der Waals surface area contributed by atoms with E-state index in [0.717, 1.165) is 25.9 Å². The van der Waals surface area contributed by atoms with Gasteiger partial charge in [0.05, 0.1) is 6.10 Å². The highest BCUT2D eigenvalue weighted by atomic mass is 16.5. The second-order valence-corrected chi connectivity index (χ2v) is 5.88. The summed E-state index contributed by atoms with van der Waals surface area (Å²) in [5, 5.41) is 6.53. The lowest BCUT2D eigenvalue weighted by Gasteiger charge is -2.35. The van der Waals surface area contributed by atoms with Crippen LogP contribution in [-0.4, -0.2) is 38.3 Å². The lowest BCUT2D eigenvalue weighted by molar-refractivity contribution is -0.124. The standard InChI is InChI=1S/C14H26N2O2/c1-10(11-4-3-5-15-9-11)6-14(17)16-12-7-13(8-12)18-2/h10-13,15H,3-9H2,1-2H3,(H,16,17). The molecule has 0 bridgehead atoms. The van der Waals surface area contributed by atoms with Crippen molar-refractivity contribution in [3.63, 3.8) is 0 Å². The molecule has 1 aliphatic heterocycles. The number of piperidine rings is 1. The minimum atomic E-state index is 0.215. The third-order valence-corrected chi connectivity index (χ3v) is 4.44. The first-order valence-electron chi connectivity index (χ1n) is 7.22. The maximum absolute atomic E-state index is 11.9. The fourth-order valence-corrected chi connectivity index (χ4v) is 2.99. The quantitative estimate of drug-likeness (QED) is 0.777. The molecular formula is C14H26N2O2. The molecule has 4 heteroatoms. The monoisotopic (exact) mass is 254 g/mol. The van der Waals surface area contributed by atoms with Gasteiger partial charge in [-0.05, 0) is 50.6 Å². The van der Waals surface area contributed by atoms with Crippen LogP contribution < -0.4 is 10.6 Å². The summed E-state index contributed by atoms with van der Waals surface area (Å²) in [5.74, 6) is 1.36. The van der Waals surface area contributed by atoms with Crippen molar-refractivity contribution < 1.29 is 9.53 Å². The van der Waals surface area contributed by atoms with E-state index in [9.17, 15) is 4.79 Å². The summed E-state index contributed by atoms with van der Waals surface area (Å²) in [6.07, 6.45) is 5.48. The van der Waals surface area contributed by atoms with Gasteiger partial charge in [0.25, 0.3) is 0 Å². The largest absolute Gasteiger partial charge is 0.381 e. The number of hydrogen-bond acceptors (Lipinski definition) is 3. The van der Waals surface area contributed by atoms with Crippen LogP contribution in [-0.2, 0) is 9.53 Å². The number of rotatable bonds is 5. The first kappa shape index (κ1) is 13.8. The van der Waals surface area contributed by atoms with Gasteiger partial charge < -0.3 is 15.4 Å². The van der Waals surface area contributed by atoms with E-state index in [1.165, 1.54) is 12.8 Å². The first-order chi connectivity index (χ1) is 8.69. The molecule has 0 aromatic rings. The molecule has 2 N–H and O–H groups in total. The van der Waals surface area contributed by atoms with Gasteiger partial charge >= 0.3 is 0 Å². The summed E-state index contributed by atoms with van der Waals surface area (Å²) in [5.41, 5.74) is 0. The van der Waals surface area contributed by atoms with Crippen LogP contribution in [0.15, 0.2) is 0 Å². The number of methoxy groups -OCH3 is 1. The van der Waals surface area contributed by atoms with Gasteiger partial charge in [0.2, 0.25) is 5.91 Å². The van der Waals surface area contributed by atoms with E-state index in [1.807, 2.05) is 0 Å². The number of amides is 1. The summed E-state index contributed by atoms with van der Waals surface area (Å²) in [7, 11) is 1.74. The highest BCUT2D eigenvalue weighted by Gasteiger charge is 2.31. The number of carbonyl (C=O) groups excluding carboxylic acids is 1. The SMILES string of the molecule is COC1CC(NC(=O)CC(C)C2CCCNC2)C1. The number of hydrogen-bond donors (Lipinski definition) is 2. The Hall–Kier alpha value is -0.610. The van der Waals surface area contributed by atoms with Gasteiger partial charge in [-0.2, -0.15) is 0 Å². The predicted molar refractivity (Wildman–Crippen MR) is 71.3 cm³/mol. The summed E-state index contributed by atoms with van der Waals surface area (Å²) < 4.78 is 5.21. The zero-order valence-electron chi connectivity index (χ0n) is 11.6. The van der Waals surface area contributed by atoms with Crippen molar-refractivity contribution in [3.05, 3.63) is 0 Å². The lowest BCUT2D eigenvalue weighted by Crippen LogP contribution is -2.48.